The lowest BCUT2D eigenvalue weighted by molar-refractivity contribution is -0.137. The molecule has 2 fully saturated rings. The van der Waals surface area contributed by atoms with Crippen molar-refractivity contribution in [2.24, 2.45) is 5.92 Å². The minimum Gasteiger partial charge on any atom is -0.481 e. The number of benzene rings is 2. The predicted molar refractivity (Wildman–Crippen MR) is 148 cm³/mol. The molecule has 1 aliphatic carbocycles. The van der Waals surface area contributed by atoms with Crippen LogP contribution in [0.1, 0.15) is 55.2 Å². The minimum absolute atomic E-state index is 0.134. The van der Waals surface area contributed by atoms with Crippen LogP contribution >= 0.6 is 0 Å². The Balaban J connectivity index is 1.15. The average molecular weight is 502 g/mol. The quantitative estimate of drug-likeness (QED) is 0.521. The summed E-state index contributed by atoms with van der Waals surface area (Å²) in [5.74, 6) is -0.222. The lowest BCUT2D eigenvalue weighted by Crippen LogP contribution is -2.41. The molecular formula is C31H39N3O3. The zero-order valence-electron chi connectivity index (χ0n) is 21.7. The summed E-state index contributed by atoms with van der Waals surface area (Å²) in [6.07, 6.45) is 11.6. The maximum absolute atomic E-state index is 13.4. The van der Waals surface area contributed by atoms with Crippen LogP contribution < -0.4 is 4.90 Å². The van der Waals surface area contributed by atoms with Gasteiger partial charge in [-0.1, -0.05) is 48.6 Å². The van der Waals surface area contributed by atoms with Crippen molar-refractivity contribution < 1.29 is 14.7 Å². The van der Waals surface area contributed by atoms with E-state index in [-0.39, 0.29) is 18.5 Å². The monoisotopic (exact) mass is 501 g/mol. The van der Waals surface area contributed by atoms with E-state index in [2.05, 4.69) is 64.4 Å². The SMILES string of the molecule is O=C(O)CC[C@H]1CC[C@H](N2CCN(c3ccc4c(c3)CCN(CC=Cc3ccccc3)CC4)C2=O)CC1. The molecule has 37 heavy (non-hydrogen) atoms. The summed E-state index contributed by atoms with van der Waals surface area (Å²) in [6, 6.07) is 17.5. The Morgan fingerprint density at radius 1 is 0.919 bits per heavy atom. The fourth-order valence-corrected chi connectivity index (χ4v) is 6.22. The van der Waals surface area contributed by atoms with Gasteiger partial charge in [0.05, 0.1) is 0 Å². The van der Waals surface area contributed by atoms with Crippen molar-refractivity contribution in [1.29, 1.82) is 0 Å². The number of carboxylic acid groups (broad SMARTS) is 1. The standard InChI is InChI=1S/C31H39N3O3/c35-30(36)15-10-25-8-12-28(13-9-25)33-21-22-34(31(33)37)29-14-11-26-16-19-32(20-17-27(26)23-29)18-4-7-24-5-2-1-3-6-24/h1-7,11,14,23,25,28H,8-10,12-13,15-22H2,(H,35,36)/t25-,28-. The minimum atomic E-state index is -0.708. The van der Waals surface area contributed by atoms with Gasteiger partial charge >= 0.3 is 12.0 Å². The second-order valence-corrected chi connectivity index (χ2v) is 10.8. The van der Waals surface area contributed by atoms with E-state index < -0.39 is 5.97 Å². The molecule has 0 atom stereocenters. The molecule has 0 bridgehead atoms. The maximum Gasteiger partial charge on any atom is 0.324 e. The molecular weight excluding hydrogens is 462 g/mol. The van der Waals surface area contributed by atoms with E-state index in [9.17, 15) is 9.59 Å². The first kappa shape index (κ1) is 25.5. The lowest BCUT2D eigenvalue weighted by atomic mass is 9.83. The Morgan fingerprint density at radius 2 is 1.68 bits per heavy atom. The molecule has 1 saturated carbocycles. The molecule has 6 nitrogen and oxygen atoms in total. The third-order valence-corrected chi connectivity index (χ3v) is 8.43. The van der Waals surface area contributed by atoms with Crippen LogP contribution in [0, 0.1) is 5.92 Å². The van der Waals surface area contributed by atoms with Crippen LogP contribution in [0.5, 0.6) is 0 Å². The highest BCUT2D eigenvalue weighted by Crippen LogP contribution is 2.33. The van der Waals surface area contributed by atoms with Gasteiger partial charge in [-0.2, -0.15) is 0 Å². The second-order valence-electron chi connectivity index (χ2n) is 10.8. The Morgan fingerprint density at radius 3 is 2.43 bits per heavy atom. The molecule has 0 unspecified atom stereocenters. The highest BCUT2D eigenvalue weighted by Gasteiger charge is 2.36. The van der Waals surface area contributed by atoms with Crippen molar-refractivity contribution in [3.63, 3.8) is 0 Å². The number of anilines is 1. The van der Waals surface area contributed by atoms with Crippen LogP contribution in [0.3, 0.4) is 0 Å². The third kappa shape index (κ3) is 6.42. The molecule has 0 spiro atoms. The predicted octanol–water partition coefficient (Wildman–Crippen LogP) is 5.47. The summed E-state index contributed by atoms with van der Waals surface area (Å²) >= 11 is 0. The van der Waals surface area contributed by atoms with Crippen molar-refractivity contribution in [3.05, 3.63) is 71.3 Å². The molecule has 0 radical (unpaired) electrons. The third-order valence-electron chi connectivity index (χ3n) is 8.43. The van der Waals surface area contributed by atoms with Crippen molar-refractivity contribution in [2.75, 3.05) is 37.6 Å². The van der Waals surface area contributed by atoms with Gasteiger partial charge in [-0.05, 0) is 79.7 Å². The first-order chi connectivity index (χ1) is 18.1. The summed E-state index contributed by atoms with van der Waals surface area (Å²) < 4.78 is 0. The Hall–Kier alpha value is -3.12. The van der Waals surface area contributed by atoms with Gasteiger partial charge in [0.15, 0.2) is 0 Å². The summed E-state index contributed by atoms with van der Waals surface area (Å²) in [5, 5.41) is 8.95. The molecule has 3 aliphatic rings. The van der Waals surface area contributed by atoms with E-state index in [4.69, 9.17) is 5.11 Å². The van der Waals surface area contributed by atoms with Gasteiger partial charge < -0.3 is 10.0 Å². The van der Waals surface area contributed by atoms with Crippen molar-refractivity contribution in [1.82, 2.24) is 9.80 Å². The van der Waals surface area contributed by atoms with E-state index >= 15 is 0 Å². The van der Waals surface area contributed by atoms with Crippen LogP contribution in [0.4, 0.5) is 10.5 Å². The number of rotatable bonds is 8. The van der Waals surface area contributed by atoms with Gasteiger partial charge in [0.2, 0.25) is 0 Å². The van der Waals surface area contributed by atoms with Crippen LogP contribution in [0.25, 0.3) is 6.08 Å². The fourth-order valence-electron chi connectivity index (χ4n) is 6.22. The van der Waals surface area contributed by atoms with Crippen molar-refractivity contribution >= 4 is 23.8 Å². The first-order valence-corrected chi connectivity index (χ1v) is 13.9. The van der Waals surface area contributed by atoms with E-state index in [0.29, 0.717) is 5.92 Å². The van der Waals surface area contributed by atoms with Gasteiger partial charge in [0, 0.05) is 50.9 Å². The van der Waals surface area contributed by atoms with Gasteiger partial charge in [0.1, 0.15) is 0 Å². The molecule has 6 heteroatoms. The number of nitrogens with zero attached hydrogens (tertiary/aromatic N) is 3. The summed E-state index contributed by atoms with van der Waals surface area (Å²) in [4.78, 5) is 30.8. The molecule has 5 rings (SSSR count). The van der Waals surface area contributed by atoms with Gasteiger partial charge in [-0.15, -0.1) is 0 Å². The molecule has 1 N–H and O–H groups in total. The number of urea groups is 1. The number of carboxylic acids is 1. The second kappa shape index (κ2) is 12.0. The largest absolute Gasteiger partial charge is 0.481 e. The topological polar surface area (TPSA) is 64.1 Å². The molecule has 2 amide bonds. The molecule has 2 aromatic rings. The number of fused-ring (bicyclic) bond motifs is 1. The number of hydrogen-bond donors (Lipinski definition) is 1. The number of amides is 2. The number of carbonyl (C=O) groups excluding carboxylic acids is 1. The molecule has 0 aromatic heterocycles. The number of carbonyl (C=O) groups is 2. The fraction of sp³-hybridized carbons (Fsp3) is 0.484. The van der Waals surface area contributed by atoms with Crippen LogP contribution in [0.2, 0.25) is 0 Å². The lowest BCUT2D eigenvalue weighted by Gasteiger charge is -2.34. The number of hydrogen-bond acceptors (Lipinski definition) is 3. The van der Waals surface area contributed by atoms with E-state index in [0.717, 1.165) is 83.4 Å². The summed E-state index contributed by atoms with van der Waals surface area (Å²) in [5.41, 5.74) is 5.04. The van der Waals surface area contributed by atoms with E-state index in [1.54, 1.807) is 0 Å². The van der Waals surface area contributed by atoms with Gasteiger partial charge in [0.25, 0.3) is 0 Å². The smallest absolute Gasteiger partial charge is 0.324 e. The molecule has 2 aliphatic heterocycles. The van der Waals surface area contributed by atoms with E-state index in [1.807, 2.05) is 11.0 Å². The van der Waals surface area contributed by atoms with Crippen molar-refractivity contribution in [3.8, 4) is 0 Å². The highest BCUT2D eigenvalue weighted by molar-refractivity contribution is 5.94. The molecule has 1 saturated heterocycles. The van der Waals surface area contributed by atoms with Gasteiger partial charge in [-0.25, -0.2) is 4.79 Å². The molecule has 2 aromatic carbocycles. The molecule has 196 valence electrons. The zero-order chi connectivity index (χ0) is 25.6. The first-order valence-electron chi connectivity index (χ1n) is 13.9. The summed E-state index contributed by atoms with van der Waals surface area (Å²) in [7, 11) is 0. The Labute approximate surface area is 220 Å². The van der Waals surface area contributed by atoms with Crippen LogP contribution in [-0.4, -0.2) is 65.7 Å². The zero-order valence-corrected chi connectivity index (χ0v) is 21.7. The highest BCUT2D eigenvalue weighted by atomic mass is 16.4. The normalized spacial score (nSPS) is 22.9. The Bertz CT molecular complexity index is 1110. The average Bonchev–Trinajstić information content (AvgIpc) is 3.18. The Kier molecular flexibility index (Phi) is 8.24. The van der Waals surface area contributed by atoms with Gasteiger partial charge in [-0.3, -0.25) is 14.6 Å². The summed E-state index contributed by atoms with van der Waals surface area (Å²) in [6.45, 7) is 4.56. The van der Waals surface area contributed by atoms with E-state index in [1.165, 1.54) is 16.7 Å². The van der Waals surface area contributed by atoms with Crippen LogP contribution in [0.15, 0.2) is 54.6 Å². The maximum atomic E-state index is 13.4. The number of aliphatic carboxylic acids is 1. The molecule has 2 heterocycles. The van der Waals surface area contributed by atoms with Crippen molar-refractivity contribution in [2.45, 2.75) is 57.4 Å². The van der Waals surface area contributed by atoms with Crippen LogP contribution in [-0.2, 0) is 17.6 Å².